The van der Waals surface area contributed by atoms with E-state index in [-0.39, 0.29) is 19.1 Å². The second kappa shape index (κ2) is 52.8. The fourth-order valence-electron chi connectivity index (χ4n) is 9.37. The van der Waals surface area contributed by atoms with Gasteiger partial charge in [-0.05, 0) is 44.9 Å². The van der Waals surface area contributed by atoms with Crippen molar-refractivity contribution in [3.63, 3.8) is 0 Å². The first-order valence-electron chi connectivity index (χ1n) is 30.7. The fourth-order valence-corrected chi connectivity index (χ4v) is 10.1. The predicted molar refractivity (Wildman–Crippen MR) is 305 cm³/mol. The van der Waals surface area contributed by atoms with Gasteiger partial charge in [0.15, 0.2) is 0 Å². The average molecular weight is 1010 g/mol. The van der Waals surface area contributed by atoms with E-state index in [2.05, 4.69) is 43.5 Å². The van der Waals surface area contributed by atoms with Crippen molar-refractivity contribution in [1.29, 1.82) is 0 Å². The molecule has 416 valence electrons. The Kier molecular flexibility index (Phi) is 52.1. The quantitative estimate of drug-likeness (QED) is 0.0243. The van der Waals surface area contributed by atoms with Gasteiger partial charge in [-0.3, -0.25) is 13.8 Å². The molecule has 0 bridgehead atoms. The van der Waals surface area contributed by atoms with Gasteiger partial charge in [-0.1, -0.05) is 282 Å². The number of nitrogens with zero attached hydrogens (tertiary/aromatic N) is 1. The SMILES string of the molecule is CCCCCCCCCCCCC/C=C\C/C=C\CCCCCCCCCCCCCCCCCCCC(=O)NC(COP(=O)(O)OCC[N+](C)(C)C)C(O)CCCCCCCCCCCCCCC. The zero-order valence-electron chi connectivity index (χ0n) is 47.5. The third-order valence-corrected chi connectivity index (χ3v) is 15.2. The lowest BCUT2D eigenvalue weighted by Gasteiger charge is -2.26. The molecule has 0 saturated carbocycles. The minimum Gasteiger partial charge on any atom is -0.391 e. The van der Waals surface area contributed by atoms with Gasteiger partial charge in [0.25, 0.3) is 0 Å². The zero-order chi connectivity index (χ0) is 51.3. The molecular formula is C61H122N2O6P+. The molecule has 0 heterocycles. The average Bonchev–Trinajstić information content (AvgIpc) is 3.32. The number of quaternary nitrogens is 1. The van der Waals surface area contributed by atoms with Crippen molar-refractivity contribution in [3.8, 4) is 0 Å². The molecule has 0 saturated heterocycles. The first-order valence-corrected chi connectivity index (χ1v) is 32.2. The number of carbonyl (C=O) groups is 1. The summed E-state index contributed by atoms with van der Waals surface area (Å²) in [6, 6.07) is -0.758. The highest BCUT2D eigenvalue weighted by Gasteiger charge is 2.28. The Morgan fingerprint density at radius 3 is 1.17 bits per heavy atom. The Bertz CT molecular complexity index is 1190. The van der Waals surface area contributed by atoms with Gasteiger partial charge < -0.3 is 19.8 Å². The maximum absolute atomic E-state index is 13.0. The molecule has 0 aromatic rings. The molecule has 3 atom stereocenters. The summed E-state index contributed by atoms with van der Waals surface area (Å²) >= 11 is 0. The molecule has 0 aliphatic rings. The number of hydrogen-bond acceptors (Lipinski definition) is 5. The smallest absolute Gasteiger partial charge is 0.391 e. The number of amides is 1. The summed E-state index contributed by atoms with van der Waals surface area (Å²) in [6.45, 7) is 4.92. The van der Waals surface area contributed by atoms with Crippen LogP contribution in [0.2, 0.25) is 0 Å². The number of unbranched alkanes of at least 4 members (excludes halogenated alkanes) is 40. The lowest BCUT2D eigenvalue weighted by molar-refractivity contribution is -0.870. The van der Waals surface area contributed by atoms with Crippen molar-refractivity contribution in [1.82, 2.24) is 5.32 Å². The predicted octanol–water partition coefficient (Wildman–Crippen LogP) is 18.8. The highest BCUT2D eigenvalue weighted by molar-refractivity contribution is 7.47. The molecule has 3 N–H and O–H groups in total. The molecule has 0 spiro atoms. The van der Waals surface area contributed by atoms with Gasteiger partial charge in [-0.25, -0.2) is 4.57 Å². The zero-order valence-corrected chi connectivity index (χ0v) is 48.4. The van der Waals surface area contributed by atoms with Gasteiger partial charge in [0.05, 0.1) is 39.9 Å². The van der Waals surface area contributed by atoms with Crippen LogP contribution in [-0.2, 0) is 18.4 Å². The second-order valence-electron chi connectivity index (χ2n) is 22.4. The molecule has 70 heavy (non-hydrogen) atoms. The third kappa shape index (κ3) is 54.7. The van der Waals surface area contributed by atoms with Gasteiger partial charge in [0, 0.05) is 6.42 Å². The lowest BCUT2D eigenvalue weighted by Crippen LogP contribution is -2.46. The van der Waals surface area contributed by atoms with Crippen LogP contribution < -0.4 is 5.32 Å². The largest absolute Gasteiger partial charge is 0.472 e. The van der Waals surface area contributed by atoms with Crippen molar-refractivity contribution in [3.05, 3.63) is 24.3 Å². The molecule has 3 unspecified atom stereocenters. The molecule has 0 aliphatic carbocycles. The summed E-state index contributed by atoms with van der Waals surface area (Å²) in [6.07, 6.45) is 66.9. The van der Waals surface area contributed by atoms with E-state index < -0.39 is 20.0 Å². The fraction of sp³-hybridized carbons (Fsp3) is 0.918. The number of likely N-dealkylation sites (N-methyl/N-ethyl adjacent to an activating group) is 1. The highest BCUT2D eigenvalue weighted by atomic mass is 31.2. The monoisotopic (exact) mass is 1010 g/mol. The maximum atomic E-state index is 13.0. The summed E-state index contributed by atoms with van der Waals surface area (Å²) in [4.78, 5) is 23.3. The normalized spacial score (nSPS) is 14.0. The summed E-state index contributed by atoms with van der Waals surface area (Å²) in [7, 11) is 1.63. The molecule has 0 rings (SSSR count). The third-order valence-electron chi connectivity index (χ3n) is 14.2. The number of aliphatic hydroxyl groups excluding tert-OH is 1. The van der Waals surface area contributed by atoms with Gasteiger partial charge in [0.2, 0.25) is 5.91 Å². The number of carbonyl (C=O) groups excluding carboxylic acids is 1. The summed E-state index contributed by atoms with van der Waals surface area (Å²) in [5.41, 5.74) is 0. The highest BCUT2D eigenvalue weighted by Crippen LogP contribution is 2.43. The minimum absolute atomic E-state index is 0.0767. The van der Waals surface area contributed by atoms with Gasteiger partial charge in [-0.2, -0.15) is 0 Å². The van der Waals surface area contributed by atoms with Crippen LogP contribution in [0.15, 0.2) is 24.3 Å². The molecule has 0 aromatic carbocycles. The Morgan fingerprint density at radius 1 is 0.486 bits per heavy atom. The van der Waals surface area contributed by atoms with Crippen LogP contribution in [0, 0.1) is 0 Å². The Hall–Kier alpha value is -1.02. The van der Waals surface area contributed by atoms with Crippen LogP contribution in [0.3, 0.4) is 0 Å². The first-order chi connectivity index (χ1) is 34.0. The van der Waals surface area contributed by atoms with E-state index in [4.69, 9.17) is 9.05 Å². The Morgan fingerprint density at radius 2 is 0.814 bits per heavy atom. The Labute approximate surface area is 436 Å². The van der Waals surface area contributed by atoms with Crippen molar-refractivity contribution in [2.75, 3.05) is 40.9 Å². The molecular weight excluding hydrogens is 888 g/mol. The standard InChI is InChI=1S/C61H121N2O6P/c1-6-8-10-12-14-16-18-20-21-22-23-24-25-26-27-28-29-30-31-32-33-34-35-36-37-38-39-40-41-43-45-47-49-51-53-55-61(65)62-59(58-69-70(66,67)68-57-56-63(3,4)5)60(64)54-52-50-48-46-44-42-19-17-15-13-11-9-7-2/h25-26,28-29,59-60,64H,6-24,27,30-58H2,1-5H3,(H-,62,65,66,67)/p+1/b26-25-,29-28-. The van der Waals surface area contributed by atoms with Crippen molar-refractivity contribution in [2.24, 2.45) is 0 Å². The van der Waals surface area contributed by atoms with Crippen LogP contribution in [0.25, 0.3) is 0 Å². The van der Waals surface area contributed by atoms with Crippen LogP contribution >= 0.6 is 7.82 Å². The van der Waals surface area contributed by atoms with E-state index >= 15 is 0 Å². The Balaban J connectivity index is 3.93. The maximum Gasteiger partial charge on any atom is 0.472 e. The summed E-state index contributed by atoms with van der Waals surface area (Å²) < 4.78 is 23.7. The van der Waals surface area contributed by atoms with Gasteiger partial charge in [-0.15, -0.1) is 0 Å². The molecule has 0 aromatic heterocycles. The van der Waals surface area contributed by atoms with E-state index in [1.807, 2.05) is 21.1 Å². The van der Waals surface area contributed by atoms with E-state index in [1.54, 1.807) is 0 Å². The van der Waals surface area contributed by atoms with Crippen molar-refractivity contribution < 1.29 is 32.9 Å². The number of phosphoric acid groups is 1. The number of aliphatic hydroxyl groups is 1. The molecule has 9 heteroatoms. The number of rotatable bonds is 57. The van der Waals surface area contributed by atoms with Crippen molar-refractivity contribution >= 4 is 13.7 Å². The van der Waals surface area contributed by atoms with Crippen LogP contribution in [0.1, 0.15) is 309 Å². The minimum atomic E-state index is -4.32. The van der Waals surface area contributed by atoms with E-state index in [1.165, 1.54) is 238 Å². The molecule has 0 radical (unpaired) electrons. The van der Waals surface area contributed by atoms with Gasteiger partial charge in [0.1, 0.15) is 13.2 Å². The first kappa shape index (κ1) is 69.0. The van der Waals surface area contributed by atoms with Gasteiger partial charge >= 0.3 is 7.82 Å². The van der Waals surface area contributed by atoms with Crippen LogP contribution in [-0.4, -0.2) is 73.4 Å². The van der Waals surface area contributed by atoms with E-state index in [0.29, 0.717) is 23.9 Å². The van der Waals surface area contributed by atoms with Crippen LogP contribution in [0.5, 0.6) is 0 Å². The molecule has 0 aliphatic heterocycles. The number of hydrogen-bond donors (Lipinski definition) is 3. The molecule has 8 nitrogen and oxygen atoms in total. The van der Waals surface area contributed by atoms with Crippen molar-refractivity contribution in [2.45, 2.75) is 321 Å². The topological polar surface area (TPSA) is 105 Å². The van der Waals surface area contributed by atoms with E-state index in [9.17, 15) is 19.4 Å². The lowest BCUT2D eigenvalue weighted by atomic mass is 10.0. The number of phosphoric ester groups is 1. The second-order valence-corrected chi connectivity index (χ2v) is 23.9. The summed E-state index contributed by atoms with van der Waals surface area (Å²) in [5.74, 6) is -0.140. The summed E-state index contributed by atoms with van der Waals surface area (Å²) in [5, 5.41) is 14.0. The van der Waals surface area contributed by atoms with Crippen LogP contribution in [0.4, 0.5) is 0 Å². The molecule has 0 fully saturated rings. The molecule has 1 amide bonds. The van der Waals surface area contributed by atoms with E-state index in [0.717, 1.165) is 44.9 Å². The number of allylic oxidation sites excluding steroid dienone is 4. The number of nitrogens with one attached hydrogen (secondary N) is 1.